The molecule has 0 spiro atoms. The molecule has 0 aliphatic rings. The molecule has 0 bridgehead atoms. The van der Waals surface area contributed by atoms with Crippen molar-refractivity contribution in [3.8, 4) is 0 Å². The number of unbranched alkanes of at least 4 members (excludes halogenated alkanes) is 29. The molecule has 0 aliphatic heterocycles. The number of allylic oxidation sites excluding steroid dienone is 14. The van der Waals surface area contributed by atoms with Crippen molar-refractivity contribution in [2.24, 2.45) is 0 Å². The fraction of sp³-hybridized carbons (Fsp3) is 0.738. The number of rotatable bonds is 54. The largest absolute Gasteiger partial charge is 0.462 e. The molecule has 0 aromatic rings. The molecule has 408 valence electrons. The van der Waals surface area contributed by atoms with E-state index in [1.165, 1.54) is 148 Å². The van der Waals surface area contributed by atoms with Gasteiger partial charge in [0.15, 0.2) is 6.10 Å². The first-order valence-corrected chi connectivity index (χ1v) is 30.1. The molecule has 0 saturated carbocycles. The van der Waals surface area contributed by atoms with Gasteiger partial charge in [0.05, 0.1) is 0 Å². The van der Waals surface area contributed by atoms with Crippen molar-refractivity contribution in [1.82, 2.24) is 0 Å². The minimum Gasteiger partial charge on any atom is -0.462 e. The van der Waals surface area contributed by atoms with E-state index >= 15 is 0 Å². The van der Waals surface area contributed by atoms with Gasteiger partial charge in [-0.1, -0.05) is 247 Å². The van der Waals surface area contributed by atoms with Crippen LogP contribution in [0, 0.1) is 0 Å². The number of esters is 3. The van der Waals surface area contributed by atoms with Crippen LogP contribution in [-0.4, -0.2) is 37.2 Å². The summed E-state index contributed by atoms with van der Waals surface area (Å²) in [6.07, 6.45) is 77.3. The van der Waals surface area contributed by atoms with Crippen molar-refractivity contribution >= 4 is 17.9 Å². The van der Waals surface area contributed by atoms with Gasteiger partial charge >= 0.3 is 17.9 Å². The average molecular weight is 990 g/mol. The fourth-order valence-electron chi connectivity index (χ4n) is 8.35. The van der Waals surface area contributed by atoms with Crippen LogP contribution in [0.15, 0.2) is 85.1 Å². The molecule has 0 rings (SSSR count). The van der Waals surface area contributed by atoms with Crippen molar-refractivity contribution < 1.29 is 28.6 Å². The van der Waals surface area contributed by atoms with Gasteiger partial charge in [0.25, 0.3) is 0 Å². The highest BCUT2D eigenvalue weighted by molar-refractivity contribution is 5.71. The van der Waals surface area contributed by atoms with E-state index in [1.807, 2.05) is 0 Å². The lowest BCUT2D eigenvalue weighted by Gasteiger charge is -2.18. The van der Waals surface area contributed by atoms with E-state index in [-0.39, 0.29) is 37.5 Å². The highest BCUT2D eigenvalue weighted by Crippen LogP contribution is 2.15. The molecule has 0 radical (unpaired) electrons. The van der Waals surface area contributed by atoms with Crippen LogP contribution in [-0.2, 0) is 28.6 Å². The minimum absolute atomic E-state index is 0.102. The summed E-state index contributed by atoms with van der Waals surface area (Å²) in [7, 11) is 0. The van der Waals surface area contributed by atoms with Crippen LogP contribution < -0.4 is 0 Å². The maximum Gasteiger partial charge on any atom is 0.306 e. The molecular weight excluding hydrogens is 877 g/mol. The SMILES string of the molecule is CC/C=C\C/C=C\C/C=C\CCCCCCCC(=O)OC[C@H](COC(=O)CCCCCCCCCCCCC/C=C\CCCCCCCC)OC(=O)CCC/C=C\C/C=C\C/C=C\CCCCCCCC. The van der Waals surface area contributed by atoms with Gasteiger partial charge in [-0.15, -0.1) is 0 Å². The Morgan fingerprint density at radius 2 is 0.563 bits per heavy atom. The molecule has 0 aromatic carbocycles. The molecular formula is C65H112O6. The summed E-state index contributed by atoms with van der Waals surface area (Å²) in [4.78, 5) is 38.2. The van der Waals surface area contributed by atoms with Crippen LogP contribution in [0.2, 0.25) is 0 Å². The van der Waals surface area contributed by atoms with Gasteiger partial charge in [-0.3, -0.25) is 14.4 Å². The Labute approximate surface area is 439 Å². The topological polar surface area (TPSA) is 78.9 Å². The Hall–Kier alpha value is -3.41. The maximum atomic E-state index is 12.8. The van der Waals surface area contributed by atoms with Gasteiger partial charge in [0.2, 0.25) is 0 Å². The lowest BCUT2D eigenvalue weighted by atomic mass is 10.0. The third-order valence-electron chi connectivity index (χ3n) is 12.9. The Balaban J connectivity index is 4.43. The first kappa shape index (κ1) is 67.6. The Morgan fingerprint density at radius 1 is 0.296 bits per heavy atom. The molecule has 0 aliphatic carbocycles. The van der Waals surface area contributed by atoms with E-state index in [9.17, 15) is 14.4 Å². The summed E-state index contributed by atoms with van der Waals surface area (Å²) in [5, 5.41) is 0. The smallest absolute Gasteiger partial charge is 0.306 e. The highest BCUT2D eigenvalue weighted by atomic mass is 16.6. The Bertz CT molecular complexity index is 1370. The zero-order valence-corrected chi connectivity index (χ0v) is 46.7. The zero-order chi connectivity index (χ0) is 51.4. The molecule has 6 heteroatoms. The first-order chi connectivity index (χ1) is 35.0. The minimum atomic E-state index is -0.811. The first-order valence-electron chi connectivity index (χ1n) is 30.1. The molecule has 71 heavy (non-hydrogen) atoms. The van der Waals surface area contributed by atoms with Crippen LogP contribution in [0.25, 0.3) is 0 Å². The molecule has 0 saturated heterocycles. The Kier molecular flexibility index (Phi) is 56.3. The van der Waals surface area contributed by atoms with Crippen LogP contribution in [0.1, 0.15) is 290 Å². The van der Waals surface area contributed by atoms with Gasteiger partial charge < -0.3 is 14.2 Å². The number of carbonyl (C=O) groups excluding carboxylic acids is 3. The van der Waals surface area contributed by atoms with E-state index in [2.05, 4.69) is 106 Å². The molecule has 1 atom stereocenters. The molecule has 0 heterocycles. The van der Waals surface area contributed by atoms with Crippen molar-refractivity contribution in [3.05, 3.63) is 85.1 Å². The van der Waals surface area contributed by atoms with Crippen LogP contribution in [0.5, 0.6) is 0 Å². The van der Waals surface area contributed by atoms with E-state index in [4.69, 9.17) is 14.2 Å². The number of hydrogen-bond acceptors (Lipinski definition) is 6. The van der Waals surface area contributed by atoms with E-state index in [0.29, 0.717) is 19.3 Å². The summed E-state index contributed by atoms with van der Waals surface area (Å²) in [6.45, 7) is 6.48. The second-order valence-corrected chi connectivity index (χ2v) is 19.9. The lowest BCUT2D eigenvalue weighted by Crippen LogP contribution is -2.30. The molecule has 0 aromatic heterocycles. The molecule has 0 unspecified atom stereocenters. The van der Waals surface area contributed by atoms with Gasteiger partial charge in [-0.05, 0) is 109 Å². The highest BCUT2D eigenvalue weighted by Gasteiger charge is 2.19. The predicted molar refractivity (Wildman–Crippen MR) is 307 cm³/mol. The van der Waals surface area contributed by atoms with E-state index in [1.54, 1.807) is 0 Å². The van der Waals surface area contributed by atoms with Crippen LogP contribution in [0.4, 0.5) is 0 Å². The predicted octanol–water partition coefficient (Wildman–Crippen LogP) is 20.3. The van der Waals surface area contributed by atoms with Gasteiger partial charge in [0.1, 0.15) is 13.2 Å². The van der Waals surface area contributed by atoms with Gasteiger partial charge in [-0.2, -0.15) is 0 Å². The van der Waals surface area contributed by atoms with Crippen molar-refractivity contribution in [2.45, 2.75) is 297 Å². The maximum absolute atomic E-state index is 12.8. The summed E-state index contributed by atoms with van der Waals surface area (Å²) in [5.74, 6) is -0.966. The number of ether oxygens (including phenoxy) is 3. The second kappa shape index (κ2) is 59.2. The van der Waals surface area contributed by atoms with Gasteiger partial charge in [-0.25, -0.2) is 0 Å². The van der Waals surface area contributed by atoms with E-state index in [0.717, 1.165) is 96.3 Å². The second-order valence-electron chi connectivity index (χ2n) is 19.9. The number of hydrogen-bond donors (Lipinski definition) is 0. The Morgan fingerprint density at radius 3 is 0.915 bits per heavy atom. The third-order valence-corrected chi connectivity index (χ3v) is 12.9. The zero-order valence-electron chi connectivity index (χ0n) is 46.7. The quantitative estimate of drug-likeness (QED) is 0.0261. The van der Waals surface area contributed by atoms with Crippen LogP contribution in [0.3, 0.4) is 0 Å². The lowest BCUT2D eigenvalue weighted by molar-refractivity contribution is -0.167. The van der Waals surface area contributed by atoms with Crippen LogP contribution >= 0.6 is 0 Å². The van der Waals surface area contributed by atoms with E-state index < -0.39 is 6.10 Å². The van der Waals surface area contributed by atoms with Crippen molar-refractivity contribution in [2.75, 3.05) is 13.2 Å². The van der Waals surface area contributed by atoms with Crippen molar-refractivity contribution in [3.63, 3.8) is 0 Å². The van der Waals surface area contributed by atoms with Crippen molar-refractivity contribution in [1.29, 1.82) is 0 Å². The summed E-state index contributed by atoms with van der Waals surface area (Å²) < 4.78 is 16.8. The molecule has 0 N–H and O–H groups in total. The molecule has 0 fully saturated rings. The molecule has 6 nitrogen and oxygen atoms in total. The third kappa shape index (κ3) is 57.4. The standard InChI is InChI=1S/C65H112O6/c1-4-7-10-13-16-19-22-25-28-30-31-32-33-35-37-40-43-46-49-52-55-58-64(67)70-61-62(60-69-63(66)57-54-51-48-45-42-39-36-27-24-21-18-15-12-9-6-3)71-65(68)59-56-53-50-47-44-41-38-34-29-26-23-20-17-14-11-8-5-2/h9,12,18,21,25-29,36,38,41,47,50,62H,4-8,10-11,13-17,19-20,22-24,30-35,37,39-40,42-46,48-49,51-61H2,1-3H3/b12-9-,21-18-,28-25-,29-26-,36-27-,41-38-,50-47-/t62-/m1/s1. The monoisotopic (exact) mass is 989 g/mol. The normalized spacial score (nSPS) is 12.7. The summed E-state index contributed by atoms with van der Waals surface area (Å²) in [5.41, 5.74) is 0. The fourth-order valence-corrected chi connectivity index (χ4v) is 8.35. The average Bonchev–Trinajstić information content (AvgIpc) is 3.37. The number of carbonyl (C=O) groups is 3. The van der Waals surface area contributed by atoms with Gasteiger partial charge in [0, 0.05) is 19.3 Å². The molecule has 0 amide bonds. The summed E-state index contributed by atoms with van der Waals surface area (Å²) in [6, 6.07) is 0. The summed E-state index contributed by atoms with van der Waals surface area (Å²) >= 11 is 0.